The van der Waals surface area contributed by atoms with Gasteiger partial charge < -0.3 is 5.11 Å². The van der Waals surface area contributed by atoms with E-state index >= 15 is 0 Å². The molecule has 0 saturated heterocycles. The molecule has 2 atom stereocenters. The molecule has 0 aromatic carbocycles. The van der Waals surface area contributed by atoms with Gasteiger partial charge in [-0.25, -0.2) is 4.68 Å². The van der Waals surface area contributed by atoms with Gasteiger partial charge >= 0.3 is 5.97 Å². The molecule has 19 heavy (non-hydrogen) atoms. The first kappa shape index (κ1) is 13.2. The third-order valence-electron chi connectivity index (χ3n) is 3.25. The fourth-order valence-corrected chi connectivity index (χ4v) is 1.88. The Labute approximate surface area is 110 Å². The molecule has 0 saturated carbocycles. The molecule has 0 aliphatic carbocycles. The van der Waals surface area contributed by atoms with Gasteiger partial charge in [-0.3, -0.25) is 9.48 Å². The Hall–Kier alpha value is -2.25. The minimum atomic E-state index is -0.878. The van der Waals surface area contributed by atoms with Gasteiger partial charge in [-0.05, 0) is 31.2 Å². The highest BCUT2D eigenvalue weighted by atomic mass is 16.4. The molecular weight excluding hydrogens is 248 g/mol. The highest BCUT2D eigenvalue weighted by Gasteiger charge is 2.26. The smallest absolute Gasteiger partial charge is 0.308 e. The van der Waals surface area contributed by atoms with Gasteiger partial charge in [0, 0.05) is 13.2 Å². The number of carboxylic acids is 1. The number of nitrogens with zero attached hydrogens (tertiary/aromatic N) is 6. The Bertz CT molecular complexity index is 602. The van der Waals surface area contributed by atoms with Crippen LogP contribution in [-0.4, -0.2) is 41.1 Å². The first-order valence-corrected chi connectivity index (χ1v) is 5.93. The lowest BCUT2D eigenvalue weighted by atomic mass is 10.0. The van der Waals surface area contributed by atoms with Gasteiger partial charge in [-0.15, -0.1) is 5.10 Å². The topological polar surface area (TPSA) is 98.7 Å². The minimum Gasteiger partial charge on any atom is -0.481 e. The van der Waals surface area contributed by atoms with Crippen LogP contribution in [0.15, 0.2) is 6.20 Å². The number of aryl methyl sites for hydroxylation is 2. The molecule has 0 bridgehead atoms. The van der Waals surface area contributed by atoms with E-state index in [0.717, 1.165) is 11.3 Å². The summed E-state index contributed by atoms with van der Waals surface area (Å²) in [5, 5.41) is 24.8. The molecule has 2 rings (SSSR count). The van der Waals surface area contributed by atoms with E-state index in [2.05, 4.69) is 20.6 Å². The Morgan fingerprint density at radius 3 is 2.63 bits per heavy atom. The third kappa shape index (κ3) is 2.33. The molecule has 2 unspecified atom stereocenters. The summed E-state index contributed by atoms with van der Waals surface area (Å²) in [4.78, 5) is 11.1. The minimum absolute atomic E-state index is 0.345. The molecule has 102 valence electrons. The van der Waals surface area contributed by atoms with E-state index in [1.54, 1.807) is 18.5 Å². The van der Waals surface area contributed by atoms with E-state index < -0.39 is 11.9 Å². The number of aliphatic carboxylic acids is 1. The van der Waals surface area contributed by atoms with Gasteiger partial charge in [0.05, 0.1) is 23.2 Å². The van der Waals surface area contributed by atoms with Gasteiger partial charge in [0.1, 0.15) is 0 Å². The number of tetrazole rings is 1. The Balaban J connectivity index is 2.43. The van der Waals surface area contributed by atoms with Crippen molar-refractivity contribution in [3.05, 3.63) is 11.9 Å². The van der Waals surface area contributed by atoms with Crippen LogP contribution in [0.1, 0.15) is 25.6 Å². The van der Waals surface area contributed by atoms with Crippen LogP contribution in [0.4, 0.5) is 0 Å². The Morgan fingerprint density at radius 1 is 1.42 bits per heavy atom. The highest BCUT2D eigenvalue weighted by Crippen LogP contribution is 2.25. The number of hydrogen-bond acceptors (Lipinski definition) is 5. The van der Waals surface area contributed by atoms with E-state index in [9.17, 15) is 4.79 Å². The first-order chi connectivity index (χ1) is 8.91. The lowest BCUT2D eigenvalue weighted by Gasteiger charge is -2.16. The Kier molecular flexibility index (Phi) is 3.32. The molecule has 0 fully saturated rings. The second-order valence-corrected chi connectivity index (χ2v) is 4.62. The molecule has 0 aliphatic rings. The maximum Gasteiger partial charge on any atom is 0.308 e. The van der Waals surface area contributed by atoms with Crippen molar-refractivity contribution in [3.63, 3.8) is 0 Å². The molecular formula is C11H16N6O2. The molecule has 0 amide bonds. The van der Waals surface area contributed by atoms with E-state index in [4.69, 9.17) is 5.11 Å². The number of rotatable bonds is 4. The summed E-state index contributed by atoms with van der Waals surface area (Å²) in [6.07, 6.45) is 1.82. The van der Waals surface area contributed by atoms with E-state index in [1.807, 2.05) is 20.2 Å². The average molecular weight is 264 g/mol. The predicted molar refractivity (Wildman–Crippen MR) is 66.3 cm³/mol. The molecule has 0 spiro atoms. The van der Waals surface area contributed by atoms with Gasteiger partial charge in [-0.2, -0.15) is 5.10 Å². The quantitative estimate of drug-likeness (QED) is 0.871. The lowest BCUT2D eigenvalue weighted by molar-refractivity contribution is -0.142. The van der Waals surface area contributed by atoms with Crippen LogP contribution in [0.3, 0.4) is 0 Å². The zero-order valence-corrected chi connectivity index (χ0v) is 11.3. The summed E-state index contributed by atoms with van der Waals surface area (Å²) in [5.41, 5.74) is 1.60. The average Bonchev–Trinajstić information content (AvgIpc) is 2.93. The monoisotopic (exact) mass is 264 g/mol. The van der Waals surface area contributed by atoms with E-state index in [-0.39, 0.29) is 6.04 Å². The fourth-order valence-electron chi connectivity index (χ4n) is 1.88. The molecule has 2 aromatic heterocycles. The van der Waals surface area contributed by atoms with Crippen LogP contribution in [0.2, 0.25) is 0 Å². The number of carbonyl (C=O) groups is 1. The maximum absolute atomic E-state index is 11.1. The summed E-state index contributed by atoms with van der Waals surface area (Å²) >= 11 is 0. The number of hydrogen-bond donors (Lipinski definition) is 1. The summed E-state index contributed by atoms with van der Waals surface area (Å²) in [7, 11) is 1.81. The molecule has 0 aliphatic heterocycles. The predicted octanol–water partition coefficient (Wildman–Crippen LogP) is 0.664. The second-order valence-electron chi connectivity index (χ2n) is 4.62. The van der Waals surface area contributed by atoms with Crippen molar-refractivity contribution in [3.8, 4) is 11.4 Å². The van der Waals surface area contributed by atoms with Crippen LogP contribution in [-0.2, 0) is 11.8 Å². The second kappa shape index (κ2) is 4.79. The number of aromatic nitrogens is 6. The lowest BCUT2D eigenvalue weighted by Crippen LogP contribution is -2.23. The summed E-state index contributed by atoms with van der Waals surface area (Å²) in [5.74, 6) is -0.928. The molecule has 1 N–H and O–H groups in total. The van der Waals surface area contributed by atoms with Crippen molar-refractivity contribution in [2.24, 2.45) is 13.0 Å². The van der Waals surface area contributed by atoms with Crippen molar-refractivity contribution in [2.45, 2.75) is 26.8 Å². The van der Waals surface area contributed by atoms with Crippen molar-refractivity contribution < 1.29 is 9.90 Å². The SMILES string of the molecule is Cc1nn(C)cc1-c1nnnn1C(C)C(C)C(=O)O. The molecule has 2 heterocycles. The zero-order valence-electron chi connectivity index (χ0n) is 11.3. The van der Waals surface area contributed by atoms with Crippen LogP contribution in [0, 0.1) is 12.8 Å². The van der Waals surface area contributed by atoms with Crippen LogP contribution >= 0.6 is 0 Å². The molecule has 8 nitrogen and oxygen atoms in total. The first-order valence-electron chi connectivity index (χ1n) is 5.93. The maximum atomic E-state index is 11.1. The summed E-state index contributed by atoms with van der Waals surface area (Å²) in [6.45, 7) is 5.28. The van der Waals surface area contributed by atoms with Gasteiger partial charge in [-0.1, -0.05) is 0 Å². The van der Waals surface area contributed by atoms with Crippen LogP contribution < -0.4 is 0 Å². The summed E-state index contributed by atoms with van der Waals surface area (Å²) in [6, 6.07) is -0.345. The van der Waals surface area contributed by atoms with Crippen LogP contribution in [0.5, 0.6) is 0 Å². The van der Waals surface area contributed by atoms with Crippen LogP contribution in [0.25, 0.3) is 11.4 Å². The van der Waals surface area contributed by atoms with Crippen molar-refractivity contribution in [1.29, 1.82) is 0 Å². The van der Waals surface area contributed by atoms with Crippen molar-refractivity contribution >= 4 is 5.97 Å². The fraction of sp³-hybridized carbons (Fsp3) is 0.545. The molecule has 2 aromatic rings. The summed E-state index contributed by atoms with van der Waals surface area (Å²) < 4.78 is 3.21. The Morgan fingerprint density at radius 2 is 2.11 bits per heavy atom. The largest absolute Gasteiger partial charge is 0.481 e. The third-order valence-corrected chi connectivity index (χ3v) is 3.25. The van der Waals surface area contributed by atoms with Gasteiger partial charge in [0.2, 0.25) is 0 Å². The van der Waals surface area contributed by atoms with E-state index in [1.165, 1.54) is 4.68 Å². The van der Waals surface area contributed by atoms with Crippen molar-refractivity contribution in [2.75, 3.05) is 0 Å². The molecule has 8 heteroatoms. The van der Waals surface area contributed by atoms with E-state index in [0.29, 0.717) is 5.82 Å². The number of carboxylic acid groups (broad SMARTS) is 1. The standard InChI is InChI=1S/C11H16N6O2/c1-6(11(18)19)8(3)17-10(12-14-15-17)9-5-16(4)13-7(9)2/h5-6,8H,1-4H3,(H,18,19). The zero-order chi connectivity index (χ0) is 14.2. The highest BCUT2D eigenvalue weighted by molar-refractivity contribution is 5.70. The van der Waals surface area contributed by atoms with Crippen molar-refractivity contribution in [1.82, 2.24) is 30.0 Å². The molecule has 0 radical (unpaired) electrons. The van der Waals surface area contributed by atoms with Gasteiger partial charge in [0.25, 0.3) is 0 Å². The normalized spacial score (nSPS) is 14.3. The van der Waals surface area contributed by atoms with Gasteiger partial charge in [0.15, 0.2) is 5.82 Å².